The van der Waals surface area contributed by atoms with Gasteiger partial charge in [-0.1, -0.05) is 11.6 Å². The lowest BCUT2D eigenvalue weighted by molar-refractivity contribution is 0.0542. The van der Waals surface area contributed by atoms with Crippen molar-refractivity contribution in [2.75, 3.05) is 11.5 Å². The number of nitrogens with zero attached hydrogens (tertiary/aromatic N) is 2. The Morgan fingerprint density at radius 3 is 2.71 bits per heavy atom. The molecule has 7 heteroatoms. The first-order valence-corrected chi connectivity index (χ1v) is 7.61. The van der Waals surface area contributed by atoms with E-state index in [0.29, 0.717) is 10.7 Å². The van der Waals surface area contributed by atoms with E-state index in [4.69, 9.17) is 11.6 Å². The maximum atomic E-state index is 11.5. The van der Waals surface area contributed by atoms with Crippen LogP contribution in [-0.4, -0.2) is 34.8 Å². The molecule has 0 aliphatic carbocycles. The van der Waals surface area contributed by atoms with Crippen LogP contribution in [0, 0.1) is 0 Å². The fourth-order valence-corrected chi connectivity index (χ4v) is 4.30. The summed E-state index contributed by atoms with van der Waals surface area (Å²) in [5.74, 6) is -0.290. The number of hydrogen-bond acceptors (Lipinski definition) is 4. The van der Waals surface area contributed by atoms with Crippen LogP contribution in [0.3, 0.4) is 0 Å². The Hall–Kier alpha value is -0.590. The van der Waals surface area contributed by atoms with E-state index in [1.54, 1.807) is 4.68 Å². The number of hydrogen-bond donors (Lipinski definition) is 1. The molecule has 1 aromatic rings. The second-order valence-corrected chi connectivity index (χ2v) is 7.34. The molecule has 5 nitrogen and oxygen atoms in total. The van der Waals surface area contributed by atoms with Crippen LogP contribution >= 0.6 is 11.6 Å². The Labute approximate surface area is 105 Å². The van der Waals surface area contributed by atoms with Crippen LogP contribution in [0.1, 0.15) is 32.0 Å². The Morgan fingerprint density at radius 1 is 1.59 bits per heavy atom. The predicted molar refractivity (Wildman–Crippen MR) is 64.8 cm³/mol. The number of aromatic nitrogens is 2. The molecule has 2 rings (SSSR count). The van der Waals surface area contributed by atoms with Crippen LogP contribution in [0.4, 0.5) is 0 Å². The van der Waals surface area contributed by atoms with E-state index < -0.39 is 15.4 Å². The lowest BCUT2D eigenvalue weighted by Crippen LogP contribution is -2.31. The average molecular weight is 279 g/mol. The van der Waals surface area contributed by atoms with Gasteiger partial charge in [0.2, 0.25) is 0 Å². The van der Waals surface area contributed by atoms with Crippen molar-refractivity contribution in [3.05, 3.63) is 16.9 Å². The Bertz CT molecular complexity index is 538. The zero-order chi connectivity index (χ0) is 12.8. The van der Waals surface area contributed by atoms with Gasteiger partial charge in [0.15, 0.2) is 9.84 Å². The third kappa shape index (κ3) is 2.21. The number of aliphatic hydroxyl groups is 1. The molecule has 0 bridgehead atoms. The molecule has 1 fully saturated rings. The van der Waals surface area contributed by atoms with Crippen molar-refractivity contribution >= 4 is 21.4 Å². The molecule has 1 aromatic heterocycles. The Balaban J connectivity index is 2.51. The van der Waals surface area contributed by atoms with Gasteiger partial charge < -0.3 is 5.11 Å². The highest BCUT2D eigenvalue weighted by Gasteiger charge is 2.45. The van der Waals surface area contributed by atoms with Crippen molar-refractivity contribution in [3.63, 3.8) is 0 Å². The zero-order valence-electron chi connectivity index (χ0n) is 9.72. The molecule has 96 valence electrons. The van der Waals surface area contributed by atoms with E-state index in [1.165, 1.54) is 6.20 Å². The summed E-state index contributed by atoms with van der Waals surface area (Å²) in [5.41, 5.74) is -0.994. The first-order chi connectivity index (χ1) is 7.75. The highest BCUT2D eigenvalue weighted by molar-refractivity contribution is 7.91. The van der Waals surface area contributed by atoms with Crippen LogP contribution in [0.25, 0.3) is 0 Å². The Morgan fingerprint density at radius 2 is 2.24 bits per heavy atom. The smallest absolute Gasteiger partial charge is 0.153 e. The summed E-state index contributed by atoms with van der Waals surface area (Å²) >= 11 is 6.01. The van der Waals surface area contributed by atoms with E-state index in [2.05, 4.69) is 5.10 Å². The molecule has 1 aliphatic rings. The molecule has 0 radical (unpaired) electrons. The molecule has 2 heterocycles. The summed E-state index contributed by atoms with van der Waals surface area (Å²) in [4.78, 5) is 0. The number of halogens is 1. The second-order valence-electron chi connectivity index (χ2n) is 4.75. The molecule has 1 saturated heterocycles. The first-order valence-electron chi connectivity index (χ1n) is 5.41. The topological polar surface area (TPSA) is 72.2 Å². The SMILES string of the molecule is CC(C)n1ncc(Cl)c1C1(O)CCS(=O)(=O)C1. The van der Waals surface area contributed by atoms with Crippen LogP contribution in [-0.2, 0) is 15.4 Å². The van der Waals surface area contributed by atoms with Gasteiger partial charge in [0.05, 0.1) is 28.4 Å². The summed E-state index contributed by atoms with van der Waals surface area (Å²) in [6, 6.07) is 0.0184. The molecule has 1 aliphatic heterocycles. The molecular weight excluding hydrogens is 264 g/mol. The molecule has 1 atom stereocenters. The van der Waals surface area contributed by atoms with E-state index in [0.717, 1.165) is 0 Å². The summed E-state index contributed by atoms with van der Waals surface area (Å²) < 4.78 is 24.6. The molecule has 0 aromatic carbocycles. The normalized spacial score (nSPS) is 27.8. The second kappa shape index (κ2) is 3.96. The number of sulfone groups is 1. The maximum absolute atomic E-state index is 11.5. The van der Waals surface area contributed by atoms with Crippen molar-refractivity contribution in [1.29, 1.82) is 0 Å². The van der Waals surface area contributed by atoms with Gasteiger partial charge in [0, 0.05) is 6.04 Å². The van der Waals surface area contributed by atoms with E-state index in [9.17, 15) is 13.5 Å². The average Bonchev–Trinajstić information content (AvgIpc) is 2.68. The summed E-state index contributed by atoms with van der Waals surface area (Å²) in [6.07, 6.45) is 1.62. The van der Waals surface area contributed by atoms with Crippen LogP contribution < -0.4 is 0 Å². The third-order valence-electron chi connectivity index (χ3n) is 2.97. The van der Waals surface area contributed by atoms with Gasteiger partial charge in [-0.25, -0.2) is 8.42 Å². The summed E-state index contributed by atoms with van der Waals surface area (Å²) in [6.45, 7) is 3.80. The highest BCUT2D eigenvalue weighted by atomic mass is 35.5. The molecule has 0 amide bonds. The fraction of sp³-hybridized carbons (Fsp3) is 0.700. The van der Waals surface area contributed by atoms with Crippen molar-refractivity contribution in [1.82, 2.24) is 9.78 Å². The fourth-order valence-electron chi connectivity index (χ4n) is 2.19. The highest BCUT2D eigenvalue weighted by Crippen LogP contribution is 2.38. The first kappa shape index (κ1) is 12.9. The lowest BCUT2D eigenvalue weighted by Gasteiger charge is -2.24. The number of rotatable bonds is 2. The van der Waals surface area contributed by atoms with Crippen LogP contribution in [0.2, 0.25) is 5.02 Å². The van der Waals surface area contributed by atoms with Gasteiger partial charge in [-0.3, -0.25) is 4.68 Å². The van der Waals surface area contributed by atoms with Crippen molar-refractivity contribution < 1.29 is 13.5 Å². The van der Waals surface area contributed by atoms with Gasteiger partial charge in [-0.05, 0) is 20.3 Å². The summed E-state index contributed by atoms with van der Waals surface area (Å²) in [7, 11) is -3.19. The largest absolute Gasteiger partial charge is 0.382 e. The third-order valence-corrected chi connectivity index (χ3v) is 4.99. The van der Waals surface area contributed by atoms with Gasteiger partial charge >= 0.3 is 0 Å². The molecule has 1 unspecified atom stereocenters. The predicted octanol–water partition coefficient (Wildman–Crippen LogP) is 1.12. The van der Waals surface area contributed by atoms with Crippen molar-refractivity contribution in [2.45, 2.75) is 31.9 Å². The Kier molecular flexibility index (Phi) is 3.00. The molecule has 0 spiro atoms. The zero-order valence-corrected chi connectivity index (χ0v) is 11.3. The standard InChI is InChI=1S/C10H15ClN2O3S/c1-7(2)13-9(8(11)5-12-13)10(14)3-4-17(15,16)6-10/h5,7,14H,3-4,6H2,1-2H3. The minimum Gasteiger partial charge on any atom is -0.382 e. The monoisotopic (exact) mass is 278 g/mol. The van der Waals surface area contributed by atoms with Gasteiger partial charge in [-0.15, -0.1) is 0 Å². The van der Waals surface area contributed by atoms with Gasteiger partial charge in [-0.2, -0.15) is 5.10 Å². The van der Waals surface area contributed by atoms with Gasteiger partial charge in [0.25, 0.3) is 0 Å². The quantitative estimate of drug-likeness (QED) is 0.880. The molecular formula is C10H15ClN2O3S. The molecule has 17 heavy (non-hydrogen) atoms. The van der Waals surface area contributed by atoms with Crippen molar-refractivity contribution in [2.24, 2.45) is 0 Å². The van der Waals surface area contributed by atoms with E-state index in [-0.39, 0.29) is 24.0 Å². The van der Waals surface area contributed by atoms with Crippen LogP contribution in [0.15, 0.2) is 6.20 Å². The van der Waals surface area contributed by atoms with Crippen LogP contribution in [0.5, 0.6) is 0 Å². The minimum absolute atomic E-state index is 0.0108. The lowest BCUT2D eigenvalue weighted by atomic mass is 9.99. The van der Waals surface area contributed by atoms with Crippen molar-refractivity contribution in [3.8, 4) is 0 Å². The minimum atomic E-state index is -3.19. The summed E-state index contributed by atoms with van der Waals surface area (Å²) in [5, 5.41) is 14.9. The maximum Gasteiger partial charge on any atom is 0.153 e. The van der Waals surface area contributed by atoms with E-state index in [1.807, 2.05) is 13.8 Å². The molecule has 0 saturated carbocycles. The van der Waals surface area contributed by atoms with E-state index >= 15 is 0 Å². The van der Waals surface area contributed by atoms with Gasteiger partial charge in [0.1, 0.15) is 5.60 Å². The molecule has 1 N–H and O–H groups in total.